The number of carbonyl (C=O) groups is 1. The number of aromatic nitrogens is 2. The number of anilines is 1. The van der Waals surface area contributed by atoms with Crippen molar-refractivity contribution in [2.75, 3.05) is 19.5 Å². The third kappa shape index (κ3) is 4.68. The van der Waals surface area contributed by atoms with E-state index in [1.165, 1.54) is 41.6 Å². The Labute approximate surface area is 192 Å². The number of hydrogen-bond donors (Lipinski definition) is 1. The zero-order chi connectivity index (χ0) is 22.7. The molecule has 0 radical (unpaired) electrons. The topological polar surface area (TPSA) is 73.3 Å². The summed E-state index contributed by atoms with van der Waals surface area (Å²) < 4.78 is 23.9. The molecule has 32 heavy (non-hydrogen) atoms. The number of methoxy groups -OCH3 is 2. The van der Waals surface area contributed by atoms with Crippen molar-refractivity contribution < 1.29 is 18.7 Å². The predicted octanol–water partition coefficient (Wildman–Crippen LogP) is 5.63. The van der Waals surface area contributed by atoms with Gasteiger partial charge in [0, 0.05) is 34.8 Å². The van der Waals surface area contributed by atoms with Gasteiger partial charge in [-0.05, 0) is 24.6 Å². The summed E-state index contributed by atoms with van der Waals surface area (Å²) in [5.41, 5.74) is 2.36. The highest BCUT2D eigenvalue weighted by Gasteiger charge is 2.20. The van der Waals surface area contributed by atoms with Crippen molar-refractivity contribution in [3.05, 3.63) is 60.0 Å². The van der Waals surface area contributed by atoms with Crippen LogP contribution in [-0.4, -0.2) is 35.3 Å². The van der Waals surface area contributed by atoms with Crippen LogP contribution in [0, 0.1) is 5.82 Å². The van der Waals surface area contributed by atoms with Crippen molar-refractivity contribution in [2.45, 2.75) is 17.2 Å². The normalized spacial score (nSPS) is 11.9. The van der Waals surface area contributed by atoms with E-state index in [1.807, 2.05) is 12.3 Å². The first kappa shape index (κ1) is 22.0. The molecule has 1 amide bonds. The third-order valence-electron chi connectivity index (χ3n) is 4.77. The Balaban J connectivity index is 1.59. The SMILES string of the molecule is COc1cc(NC(=O)C(C)Sc2ncnc3scc(-c4ccc(F)cc4)c23)cc(OC)c1. The van der Waals surface area contributed by atoms with E-state index in [1.54, 1.807) is 44.6 Å². The molecule has 0 saturated heterocycles. The van der Waals surface area contributed by atoms with Crippen LogP contribution in [-0.2, 0) is 4.79 Å². The summed E-state index contributed by atoms with van der Waals surface area (Å²) in [5.74, 6) is 0.689. The number of thiophene rings is 1. The van der Waals surface area contributed by atoms with E-state index < -0.39 is 5.25 Å². The highest BCUT2D eigenvalue weighted by Crippen LogP contribution is 2.39. The summed E-state index contributed by atoms with van der Waals surface area (Å²) >= 11 is 2.83. The zero-order valence-electron chi connectivity index (χ0n) is 17.6. The molecule has 2 aromatic carbocycles. The molecule has 0 saturated carbocycles. The maximum atomic E-state index is 13.4. The number of thioether (sulfide) groups is 1. The van der Waals surface area contributed by atoms with E-state index in [-0.39, 0.29) is 11.7 Å². The molecule has 4 rings (SSSR count). The van der Waals surface area contributed by atoms with Gasteiger partial charge in [-0.15, -0.1) is 11.3 Å². The second kappa shape index (κ2) is 9.54. The molecule has 0 fully saturated rings. The van der Waals surface area contributed by atoms with Crippen molar-refractivity contribution in [1.29, 1.82) is 0 Å². The Kier molecular flexibility index (Phi) is 6.57. The van der Waals surface area contributed by atoms with Crippen LogP contribution in [0.15, 0.2) is 59.2 Å². The van der Waals surface area contributed by atoms with Gasteiger partial charge in [0.1, 0.15) is 33.5 Å². The molecule has 1 unspecified atom stereocenters. The van der Waals surface area contributed by atoms with Gasteiger partial charge in [-0.25, -0.2) is 14.4 Å². The Morgan fingerprint density at radius 3 is 2.44 bits per heavy atom. The Morgan fingerprint density at radius 1 is 1.09 bits per heavy atom. The van der Waals surface area contributed by atoms with Crippen LogP contribution in [0.2, 0.25) is 0 Å². The van der Waals surface area contributed by atoms with E-state index in [4.69, 9.17) is 9.47 Å². The predicted molar refractivity (Wildman–Crippen MR) is 126 cm³/mol. The highest BCUT2D eigenvalue weighted by molar-refractivity contribution is 8.00. The molecule has 4 aromatic rings. The number of rotatable bonds is 7. The average molecular weight is 470 g/mol. The first-order valence-electron chi connectivity index (χ1n) is 9.67. The van der Waals surface area contributed by atoms with E-state index >= 15 is 0 Å². The summed E-state index contributed by atoms with van der Waals surface area (Å²) in [6.45, 7) is 1.81. The monoisotopic (exact) mass is 469 g/mol. The summed E-state index contributed by atoms with van der Waals surface area (Å²) in [7, 11) is 3.11. The second-order valence-corrected chi connectivity index (χ2v) is 9.05. The lowest BCUT2D eigenvalue weighted by molar-refractivity contribution is -0.115. The van der Waals surface area contributed by atoms with Crippen LogP contribution in [0.3, 0.4) is 0 Å². The first-order chi connectivity index (χ1) is 15.5. The molecule has 0 aliphatic rings. The van der Waals surface area contributed by atoms with E-state index in [0.717, 1.165) is 21.3 Å². The molecule has 6 nitrogen and oxygen atoms in total. The number of halogens is 1. The minimum absolute atomic E-state index is 0.185. The number of fused-ring (bicyclic) bond motifs is 1. The average Bonchev–Trinajstić information content (AvgIpc) is 3.24. The number of ether oxygens (including phenoxy) is 2. The smallest absolute Gasteiger partial charge is 0.237 e. The van der Waals surface area contributed by atoms with Gasteiger partial charge >= 0.3 is 0 Å². The fraction of sp³-hybridized carbons (Fsp3) is 0.174. The quantitative estimate of drug-likeness (QED) is 0.279. The summed E-state index contributed by atoms with van der Waals surface area (Å²) in [6, 6.07) is 11.5. The number of nitrogens with one attached hydrogen (secondary N) is 1. The molecule has 1 N–H and O–H groups in total. The van der Waals surface area contributed by atoms with Gasteiger partial charge in [-0.1, -0.05) is 23.9 Å². The molecular weight excluding hydrogens is 449 g/mol. The molecule has 1 atom stereocenters. The number of amides is 1. The van der Waals surface area contributed by atoms with Crippen LogP contribution in [0.1, 0.15) is 6.92 Å². The fourth-order valence-electron chi connectivity index (χ4n) is 3.12. The third-order valence-corrected chi connectivity index (χ3v) is 6.75. The Morgan fingerprint density at radius 2 is 1.78 bits per heavy atom. The van der Waals surface area contributed by atoms with Gasteiger partial charge in [-0.2, -0.15) is 0 Å². The largest absolute Gasteiger partial charge is 0.497 e. The molecule has 164 valence electrons. The van der Waals surface area contributed by atoms with Gasteiger partial charge in [-0.3, -0.25) is 4.79 Å². The standard InChI is InChI=1S/C23H20FN3O3S2/c1-13(21(28)27-16-8-17(29-2)10-18(9-16)30-3)32-23-20-19(11-31-22(20)25-12-26-23)14-4-6-15(24)7-5-14/h4-13H,1-3H3,(H,27,28). The molecule has 0 spiro atoms. The van der Waals surface area contributed by atoms with Gasteiger partial charge in [0.2, 0.25) is 5.91 Å². The van der Waals surface area contributed by atoms with Crippen LogP contribution < -0.4 is 14.8 Å². The van der Waals surface area contributed by atoms with E-state index in [2.05, 4.69) is 15.3 Å². The molecule has 2 heterocycles. The van der Waals surface area contributed by atoms with Crippen molar-refractivity contribution in [2.24, 2.45) is 0 Å². The maximum Gasteiger partial charge on any atom is 0.237 e. The van der Waals surface area contributed by atoms with Crippen molar-refractivity contribution in [3.63, 3.8) is 0 Å². The number of benzene rings is 2. The minimum atomic E-state index is -0.439. The minimum Gasteiger partial charge on any atom is -0.497 e. The number of nitrogens with zero attached hydrogens (tertiary/aromatic N) is 2. The second-order valence-electron chi connectivity index (χ2n) is 6.87. The molecule has 9 heteroatoms. The molecular formula is C23H20FN3O3S2. The van der Waals surface area contributed by atoms with E-state index in [0.29, 0.717) is 22.2 Å². The van der Waals surface area contributed by atoms with Crippen molar-refractivity contribution >= 4 is 44.9 Å². The molecule has 2 aromatic heterocycles. The number of carbonyl (C=O) groups excluding carboxylic acids is 1. The van der Waals surface area contributed by atoms with Gasteiger partial charge in [0.05, 0.1) is 24.9 Å². The Bertz CT molecular complexity index is 1240. The maximum absolute atomic E-state index is 13.4. The molecule has 0 bridgehead atoms. The lowest BCUT2D eigenvalue weighted by atomic mass is 10.1. The van der Waals surface area contributed by atoms with Crippen LogP contribution in [0.25, 0.3) is 21.3 Å². The first-order valence-corrected chi connectivity index (χ1v) is 11.4. The lowest BCUT2D eigenvalue weighted by Crippen LogP contribution is -2.22. The fourth-order valence-corrected chi connectivity index (χ4v) is 5.04. The summed E-state index contributed by atoms with van der Waals surface area (Å²) in [4.78, 5) is 22.5. The summed E-state index contributed by atoms with van der Waals surface area (Å²) in [5, 5.41) is 5.99. The van der Waals surface area contributed by atoms with Gasteiger partial charge in [0.15, 0.2) is 0 Å². The van der Waals surface area contributed by atoms with Crippen LogP contribution in [0.5, 0.6) is 11.5 Å². The lowest BCUT2D eigenvalue weighted by Gasteiger charge is -2.14. The van der Waals surface area contributed by atoms with Gasteiger partial charge in [0.25, 0.3) is 0 Å². The summed E-state index contributed by atoms with van der Waals surface area (Å²) in [6.07, 6.45) is 1.49. The van der Waals surface area contributed by atoms with Crippen LogP contribution >= 0.6 is 23.1 Å². The molecule has 0 aliphatic carbocycles. The van der Waals surface area contributed by atoms with E-state index in [9.17, 15) is 9.18 Å². The van der Waals surface area contributed by atoms with Crippen LogP contribution in [0.4, 0.5) is 10.1 Å². The highest BCUT2D eigenvalue weighted by atomic mass is 32.2. The van der Waals surface area contributed by atoms with Crippen molar-refractivity contribution in [1.82, 2.24) is 9.97 Å². The zero-order valence-corrected chi connectivity index (χ0v) is 19.2. The van der Waals surface area contributed by atoms with Gasteiger partial charge < -0.3 is 14.8 Å². The van der Waals surface area contributed by atoms with Crippen molar-refractivity contribution in [3.8, 4) is 22.6 Å². The Hall–Kier alpha value is -3.17. The molecule has 0 aliphatic heterocycles. The number of hydrogen-bond acceptors (Lipinski definition) is 7.